The van der Waals surface area contributed by atoms with Gasteiger partial charge in [0.05, 0.1) is 24.9 Å². The third kappa shape index (κ3) is 4.43. The molecule has 2 heterocycles. The van der Waals surface area contributed by atoms with Crippen LogP contribution in [0.15, 0.2) is 89.7 Å². The number of benzene rings is 3. The minimum atomic E-state index is -0.779. The molecule has 1 atom stereocenters. The molecule has 1 unspecified atom stereocenters. The molecule has 176 valence electrons. The van der Waals surface area contributed by atoms with Gasteiger partial charge in [0.15, 0.2) is 0 Å². The fourth-order valence-electron chi connectivity index (χ4n) is 4.93. The lowest BCUT2D eigenvalue weighted by atomic mass is 9.98. The molecular formula is C30H29N3O2. The van der Waals surface area contributed by atoms with Gasteiger partial charge in [-0.15, -0.1) is 0 Å². The minimum absolute atomic E-state index is 0.179. The Morgan fingerprint density at radius 1 is 0.800 bits per heavy atom. The van der Waals surface area contributed by atoms with Crippen LogP contribution >= 0.6 is 0 Å². The van der Waals surface area contributed by atoms with Crippen LogP contribution in [-0.4, -0.2) is 25.3 Å². The predicted octanol–water partition coefficient (Wildman–Crippen LogP) is 5.52. The fourth-order valence-corrected chi connectivity index (χ4v) is 4.93. The maximum absolute atomic E-state index is 12.5. The molecule has 0 aliphatic heterocycles. The average Bonchev–Trinajstić information content (AvgIpc) is 3.15. The minimum Gasteiger partial charge on any atom is -0.389 e. The second-order valence-electron chi connectivity index (χ2n) is 9.17. The molecule has 2 aromatic heterocycles. The van der Waals surface area contributed by atoms with Gasteiger partial charge in [-0.3, -0.25) is 4.57 Å². The molecule has 0 amide bonds. The molecule has 0 radical (unpaired) electrons. The van der Waals surface area contributed by atoms with Crippen molar-refractivity contribution in [3.63, 3.8) is 0 Å². The lowest BCUT2D eigenvalue weighted by Gasteiger charge is -2.19. The van der Waals surface area contributed by atoms with E-state index in [1.165, 1.54) is 5.56 Å². The van der Waals surface area contributed by atoms with E-state index in [2.05, 4.69) is 71.1 Å². The van der Waals surface area contributed by atoms with Crippen molar-refractivity contribution in [1.82, 2.24) is 14.1 Å². The van der Waals surface area contributed by atoms with E-state index in [1.807, 2.05) is 37.3 Å². The Bertz CT molecular complexity index is 1550. The molecule has 0 aliphatic rings. The van der Waals surface area contributed by atoms with Crippen molar-refractivity contribution in [2.75, 3.05) is 0 Å². The summed E-state index contributed by atoms with van der Waals surface area (Å²) in [6.07, 6.45) is -0.779. The summed E-state index contributed by atoms with van der Waals surface area (Å²) in [4.78, 5) is 16.6. The summed E-state index contributed by atoms with van der Waals surface area (Å²) in [5, 5.41) is 12.4. The SMILES string of the molecule is Cc1ccc2c(c1)c(-c1ccccc1)c(-c1ccccc1)n2CC(O)Cn1c(C)cc(C)nc1=O. The fraction of sp³-hybridized carbons (Fsp3) is 0.200. The molecule has 0 aliphatic carbocycles. The summed E-state index contributed by atoms with van der Waals surface area (Å²) in [7, 11) is 0. The van der Waals surface area contributed by atoms with Crippen molar-refractivity contribution in [1.29, 1.82) is 0 Å². The van der Waals surface area contributed by atoms with Crippen LogP contribution in [0.4, 0.5) is 0 Å². The van der Waals surface area contributed by atoms with E-state index in [0.717, 1.165) is 39.0 Å². The molecule has 5 nitrogen and oxygen atoms in total. The Morgan fingerprint density at radius 3 is 2.09 bits per heavy atom. The van der Waals surface area contributed by atoms with Crippen LogP contribution in [0.5, 0.6) is 0 Å². The van der Waals surface area contributed by atoms with Gasteiger partial charge in [0, 0.05) is 27.9 Å². The zero-order valence-electron chi connectivity index (χ0n) is 20.3. The maximum Gasteiger partial charge on any atom is 0.348 e. The molecule has 5 heteroatoms. The Labute approximate surface area is 204 Å². The summed E-state index contributed by atoms with van der Waals surface area (Å²) in [6, 6.07) is 29.0. The number of aromatic nitrogens is 3. The van der Waals surface area contributed by atoms with Crippen LogP contribution in [0.3, 0.4) is 0 Å². The number of aliphatic hydroxyl groups is 1. The highest BCUT2D eigenvalue weighted by atomic mass is 16.3. The molecule has 0 saturated heterocycles. The first-order valence-electron chi connectivity index (χ1n) is 11.9. The van der Waals surface area contributed by atoms with Crippen molar-refractivity contribution >= 4 is 10.9 Å². The Kier molecular flexibility index (Phi) is 6.10. The summed E-state index contributed by atoms with van der Waals surface area (Å²) >= 11 is 0. The molecule has 0 saturated carbocycles. The van der Waals surface area contributed by atoms with Gasteiger partial charge in [-0.1, -0.05) is 72.3 Å². The first kappa shape index (κ1) is 22.8. The van der Waals surface area contributed by atoms with Gasteiger partial charge in [-0.2, -0.15) is 4.98 Å². The van der Waals surface area contributed by atoms with E-state index in [0.29, 0.717) is 12.2 Å². The molecule has 5 rings (SSSR count). The van der Waals surface area contributed by atoms with Gasteiger partial charge < -0.3 is 9.67 Å². The van der Waals surface area contributed by atoms with Crippen molar-refractivity contribution < 1.29 is 5.11 Å². The van der Waals surface area contributed by atoms with Gasteiger partial charge >= 0.3 is 5.69 Å². The van der Waals surface area contributed by atoms with Crippen molar-refractivity contribution in [2.24, 2.45) is 0 Å². The summed E-state index contributed by atoms with van der Waals surface area (Å²) in [5.41, 5.74) is 7.80. The Hall–Kier alpha value is -3.96. The highest BCUT2D eigenvalue weighted by Crippen LogP contribution is 2.41. The first-order valence-corrected chi connectivity index (χ1v) is 11.9. The predicted molar refractivity (Wildman–Crippen MR) is 142 cm³/mol. The third-order valence-corrected chi connectivity index (χ3v) is 6.46. The topological polar surface area (TPSA) is 60.1 Å². The number of nitrogens with zero attached hydrogens (tertiary/aromatic N) is 3. The number of rotatable bonds is 6. The van der Waals surface area contributed by atoms with Crippen LogP contribution in [0.25, 0.3) is 33.3 Å². The Balaban J connectivity index is 1.69. The number of hydrogen-bond donors (Lipinski definition) is 1. The number of aliphatic hydroxyl groups excluding tert-OH is 1. The highest BCUT2D eigenvalue weighted by molar-refractivity contribution is 6.04. The van der Waals surface area contributed by atoms with Crippen molar-refractivity contribution in [3.8, 4) is 22.4 Å². The maximum atomic E-state index is 12.5. The van der Waals surface area contributed by atoms with Gasteiger partial charge in [0.2, 0.25) is 0 Å². The molecular weight excluding hydrogens is 434 g/mol. The van der Waals surface area contributed by atoms with Crippen LogP contribution in [-0.2, 0) is 13.1 Å². The van der Waals surface area contributed by atoms with E-state index >= 15 is 0 Å². The molecule has 35 heavy (non-hydrogen) atoms. The van der Waals surface area contributed by atoms with E-state index in [9.17, 15) is 9.90 Å². The number of fused-ring (bicyclic) bond motifs is 1. The quantitative estimate of drug-likeness (QED) is 0.361. The van der Waals surface area contributed by atoms with Crippen molar-refractivity contribution in [2.45, 2.75) is 40.0 Å². The standard InChI is InChI=1S/C30H29N3O2/c1-20-14-15-27-26(16-20)28(23-10-6-4-7-11-23)29(24-12-8-5-9-13-24)33(27)19-25(34)18-32-22(3)17-21(2)31-30(32)35/h4-17,25,34H,18-19H2,1-3H3. The first-order chi connectivity index (χ1) is 16.9. The third-order valence-electron chi connectivity index (χ3n) is 6.46. The molecule has 0 bridgehead atoms. The van der Waals surface area contributed by atoms with Crippen LogP contribution < -0.4 is 5.69 Å². The number of hydrogen-bond acceptors (Lipinski definition) is 3. The van der Waals surface area contributed by atoms with Crippen LogP contribution in [0, 0.1) is 20.8 Å². The van der Waals surface area contributed by atoms with E-state index < -0.39 is 6.10 Å². The average molecular weight is 464 g/mol. The van der Waals surface area contributed by atoms with E-state index in [1.54, 1.807) is 11.5 Å². The molecule has 0 fully saturated rings. The van der Waals surface area contributed by atoms with Gasteiger partial charge in [0.1, 0.15) is 0 Å². The van der Waals surface area contributed by atoms with Crippen LogP contribution in [0.2, 0.25) is 0 Å². The Morgan fingerprint density at radius 2 is 1.43 bits per heavy atom. The van der Waals surface area contributed by atoms with Gasteiger partial charge in [0.25, 0.3) is 0 Å². The largest absolute Gasteiger partial charge is 0.389 e. The summed E-state index contributed by atoms with van der Waals surface area (Å²) < 4.78 is 3.74. The zero-order chi connectivity index (χ0) is 24.5. The second-order valence-corrected chi connectivity index (χ2v) is 9.17. The molecule has 0 spiro atoms. The summed E-state index contributed by atoms with van der Waals surface area (Å²) in [6.45, 7) is 6.30. The zero-order valence-corrected chi connectivity index (χ0v) is 20.3. The monoisotopic (exact) mass is 463 g/mol. The van der Waals surface area contributed by atoms with E-state index in [-0.39, 0.29) is 12.2 Å². The lowest BCUT2D eigenvalue weighted by molar-refractivity contribution is 0.134. The molecule has 5 aromatic rings. The highest BCUT2D eigenvalue weighted by Gasteiger charge is 2.22. The second kappa shape index (κ2) is 9.35. The molecule has 1 N–H and O–H groups in total. The van der Waals surface area contributed by atoms with Crippen molar-refractivity contribution in [3.05, 3.63) is 112 Å². The molecule has 3 aromatic carbocycles. The normalized spacial score (nSPS) is 12.2. The van der Waals surface area contributed by atoms with Gasteiger partial charge in [-0.05, 0) is 50.1 Å². The van der Waals surface area contributed by atoms with Crippen LogP contribution in [0.1, 0.15) is 17.0 Å². The smallest absolute Gasteiger partial charge is 0.348 e. The lowest BCUT2D eigenvalue weighted by Crippen LogP contribution is -2.32. The summed E-state index contributed by atoms with van der Waals surface area (Å²) in [5.74, 6) is 0. The van der Waals surface area contributed by atoms with E-state index in [4.69, 9.17) is 0 Å². The van der Waals surface area contributed by atoms with Gasteiger partial charge in [-0.25, -0.2) is 4.79 Å². The number of aryl methyl sites for hydroxylation is 3.